The van der Waals surface area contributed by atoms with Gasteiger partial charge >= 0.3 is 12.2 Å². The minimum absolute atomic E-state index is 0.0603. The number of carbonyl (C=O) groups is 3. The Balaban J connectivity index is 1.22. The summed E-state index contributed by atoms with van der Waals surface area (Å²) in [5.74, 6) is 0.140. The molecule has 2 aliphatic rings. The average molecular weight is 583 g/mol. The molecule has 0 spiro atoms. The Morgan fingerprint density at radius 2 is 1.48 bits per heavy atom. The molecule has 2 heterocycles. The van der Waals surface area contributed by atoms with Crippen LogP contribution in [0.1, 0.15) is 37.3 Å². The first-order chi connectivity index (χ1) is 20.1. The predicted octanol–water partition coefficient (Wildman–Crippen LogP) is 3.55. The van der Waals surface area contributed by atoms with E-state index in [1.165, 1.54) is 53.4 Å². The standard InChI is InChI=1S/C27H30N6O9/c1-18(28-26(35)41-16-19-4-8-22(9-5-19)32(37)38)30-14-12-21(15-30)29-25(34)24-3-2-13-31(24)27(36)42-17-20-6-10-23(11-7-20)33(39)40/h4-11,21,24H,2-3,12-17H2,1H3,(H,29,34)/t21-,24?/m0/s1. The lowest BCUT2D eigenvalue weighted by Gasteiger charge is -2.25. The van der Waals surface area contributed by atoms with E-state index in [2.05, 4.69) is 10.3 Å². The van der Waals surface area contributed by atoms with E-state index in [-0.39, 0.29) is 36.5 Å². The Morgan fingerprint density at radius 1 is 0.905 bits per heavy atom. The van der Waals surface area contributed by atoms with Crippen molar-refractivity contribution in [3.05, 3.63) is 79.9 Å². The smallest absolute Gasteiger partial charge is 0.435 e. The molecule has 3 amide bonds. The number of hydrogen-bond acceptors (Lipinski definition) is 9. The SMILES string of the molecule is CC(=NC(=O)OCc1ccc([N+](=O)[O-])cc1)N1CC[C@H](NC(=O)C2CCCN2C(=O)OCc2ccc([N+](=O)[O-])cc2)C1. The van der Waals surface area contributed by atoms with Gasteiger partial charge in [-0.1, -0.05) is 0 Å². The minimum atomic E-state index is -0.799. The number of ether oxygens (including phenoxy) is 2. The van der Waals surface area contributed by atoms with Gasteiger partial charge in [0.05, 0.1) is 9.85 Å². The van der Waals surface area contributed by atoms with Gasteiger partial charge in [0.1, 0.15) is 25.1 Å². The first-order valence-corrected chi connectivity index (χ1v) is 13.3. The van der Waals surface area contributed by atoms with Gasteiger partial charge in [-0.2, -0.15) is 4.99 Å². The first-order valence-electron chi connectivity index (χ1n) is 13.3. The number of amides is 3. The molecule has 2 atom stereocenters. The summed E-state index contributed by atoms with van der Waals surface area (Å²) in [6.45, 7) is 2.86. The molecule has 0 bridgehead atoms. The molecular weight excluding hydrogens is 552 g/mol. The van der Waals surface area contributed by atoms with Crippen LogP contribution in [0.2, 0.25) is 0 Å². The van der Waals surface area contributed by atoms with Gasteiger partial charge in [0, 0.05) is 49.9 Å². The number of carbonyl (C=O) groups excluding carboxylic acids is 3. The maximum atomic E-state index is 13.0. The third-order valence-electron chi connectivity index (χ3n) is 7.05. The van der Waals surface area contributed by atoms with Gasteiger partial charge in [-0.3, -0.25) is 29.9 Å². The molecule has 1 unspecified atom stereocenters. The molecule has 2 aromatic carbocycles. The van der Waals surface area contributed by atoms with Gasteiger partial charge in [-0.05, 0) is 61.6 Å². The lowest BCUT2D eigenvalue weighted by molar-refractivity contribution is -0.385. The predicted molar refractivity (Wildman–Crippen MR) is 148 cm³/mol. The van der Waals surface area contributed by atoms with Crippen LogP contribution in [0.25, 0.3) is 0 Å². The molecular formula is C27H30N6O9. The summed E-state index contributed by atoms with van der Waals surface area (Å²) in [4.78, 5) is 65.6. The first kappa shape index (κ1) is 29.9. The van der Waals surface area contributed by atoms with Crippen molar-refractivity contribution in [1.82, 2.24) is 15.1 Å². The van der Waals surface area contributed by atoms with Crippen LogP contribution in [0.3, 0.4) is 0 Å². The Morgan fingerprint density at radius 3 is 2.05 bits per heavy atom. The molecule has 0 aromatic heterocycles. The number of rotatable bonds is 8. The van der Waals surface area contributed by atoms with E-state index in [9.17, 15) is 34.6 Å². The maximum Gasteiger partial charge on any atom is 0.435 e. The van der Waals surface area contributed by atoms with E-state index in [1.807, 2.05) is 4.90 Å². The van der Waals surface area contributed by atoms with Crippen molar-refractivity contribution < 1.29 is 33.7 Å². The number of benzene rings is 2. The second kappa shape index (κ2) is 13.5. The molecule has 2 aliphatic heterocycles. The highest BCUT2D eigenvalue weighted by Crippen LogP contribution is 2.21. The lowest BCUT2D eigenvalue weighted by Crippen LogP contribution is -2.49. The molecule has 0 saturated carbocycles. The summed E-state index contributed by atoms with van der Waals surface area (Å²) in [5, 5.41) is 24.5. The van der Waals surface area contributed by atoms with E-state index >= 15 is 0 Å². The zero-order chi connectivity index (χ0) is 30.2. The van der Waals surface area contributed by atoms with Gasteiger partial charge in [0.25, 0.3) is 11.4 Å². The Kier molecular flexibility index (Phi) is 9.62. The van der Waals surface area contributed by atoms with Crippen molar-refractivity contribution >= 4 is 35.3 Å². The Hall–Kier alpha value is -5.08. The van der Waals surface area contributed by atoms with Crippen LogP contribution in [0.5, 0.6) is 0 Å². The summed E-state index contributed by atoms with van der Waals surface area (Å²) >= 11 is 0. The molecule has 2 saturated heterocycles. The van der Waals surface area contributed by atoms with E-state index < -0.39 is 28.1 Å². The quantitative estimate of drug-likeness (QED) is 0.209. The van der Waals surface area contributed by atoms with E-state index in [1.54, 1.807) is 6.92 Å². The molecule has 0 radical (unpaired) electrons. The van der Waals surface area contributed by atoms with Crippen LogP contribution < -0.4 is 5.32 Å². The van der Waals surface area contributed by atoms with Crippen LogP contribution in [0, 0.1) is 20.2 Å². The topological polar surface area (TPSA) is 187 Å². The van der Waals surface area contributed by atoms with Crippen molar-refractivity contribution in [2.24, 2.45) is 4.99 Å². The van der Waals surface area contributed by atoms with Crippen LogP contribution in [0.15, 0.2) is 53.5 Å². The molecule has 2 aromatic rings. The highest BCUT2D eigenvalue weighted by molar-refractivity contribution is 5.90. The van der Waals surface area contributed by atoms with Gasteiger partial charge in [-0.25, -0.2) is 9.59 Å². The molecule has 15 nitrogen and oxygen atoms in total. The molecule has 42 heavy (non-hydrogen) atoms. The molecule has 222 valence electrons. The fourth-order valence-electron chi connectivity index (χ4n) is 4.76. The number of amidine groups is 1. The third-order valence-corrected chi connectivity index (χ3v) is 7.05. The Bertz CT molecular complexity index is 1360. The van der Waals surface area contributed by atoms with Crippen LogP contribution in [-0.4, -0.2) is 75.3 Å². The number of aliphatic imine (C=N–C) groups is 1. The zero-order valence-electron chi connectivity index (χ0n) is 22.8. The fourth-order valence-corrected chi connectivity index (χ4v) is 4.76. The normalized spacial score (nSPS) is 18.5. The summed E-state index contributed by atoms with van der Waals surface area (Å²) in [6, 6.07) is 10.4. The zero-order valence-corrected chi connectivity index (χ0v) is 22.8. The largest absolute Gasteiger partial charge is 0.445 e. The number of likely N-dealkylation sites (tertiary alicyclic amines) is 2. The number of hydrogen-bond donors (Lipinski definition) is 1. The number of nitrogens with one attached hydrogen (secondary N) is 1. The number of nitrogens with zero attached hydrogens (tertiary/aromatic N) is 5. The summed E-state index contributed by atoms with van der Waals surface area (Å²) < 4.78 is 10.5. The molecule has 4 rings (SSSR count). The summed E-state index contributed by atoms with van der Waals surface area (Å²) in [5.41, 5.74) is 1.05. The van der Waals surface area contributed by atoms with Gasteiger partial charge in [0.15, 0.2) is 0 Å². The lowest BCUT2D eigenvalue weighted by atomic mass is 10.2. The number of nitro benzene ring substituents is 2. The van der Waals surface area contributed by atoms with Crippen molar-refractivity contribution in [3.63, 3.8) is 0 Å². The summed E-state index contributed by atoms with van der Waals surface area (Å²) in [6.07, 6.45) is 0.334. The van der Waals surface area contributed by atoms with E-state index in [0.29, 0.717) is 55.9 Å². The van der Waals surface area contributed by atoms with Gasteiger partial charge in [0.2, 0.25) is 5.91 Å². The van der Waals surface area contributed by atoms with Crippen LogP contribution in [0.4, 0.5) is 21.0 Å². The van der Waals surface area contributed by atoms with Crippen molar-refractivity contribution in [1.29, 1.82) is 0 Å². The van der Waals surface area contributed by atoms with E-state index in [0.717, 1.165) is 0 Å². The maximum absolute atomic E-state index is 13.0. The third kappa shape index (κ3) is 7.77. The van der Waals surface area contributed by atoms with E-state index in [4.69, 9.17) is 9.47 Å². The van der Waals surface area contributed by atoms with Gasteiger partial charge < -0.3 is 19.7 Å². The van der Waals surface area contributed by atoms with Crippen molar-refractivity contribution in [2.75, 3.05) is 19.6 Å². The van der Waals surface area contributed by atoms with Gasteiger partial charge in [-0.15, -0.1) is 0 Å². The molecule has 2 fully saturated rings. The highest BCUT2D eigenvalue weighted by Gasteiger charge is 2.37. The molecule has 1 N–H and O–H groups in total. The minimum Gasteiger partial charge on any atom is -0.445 e. The second-order valence-electron chi connectivity index (χ2n) is 9.91. The summed E-state index contributed by atoms with van der Waals surface area (Å²) in [7, 11) is 0. The second-order valence-corrected chi connectivity index (χ2v) is 9.91. The number of non-ortho nitro benzene ring substituents is 2. The van der Waals surface area contributed by atoms with Crippen molar-refractivity contribution in [3.8, 4) is 0 Å². The average Bonchev–Trinajstić information content (AvgIpc) is 3.66. The van der Waals surface area contributed by atoms with Crippen LogP contribution >= 0.6 is 0 Å². The fraction of sp³-hybridized carbons (Fsp3) is 0.407. The van der Waals surface area contributed by atoms with Crippen LogP contribution in [-0.2, 0) is 27.5 Å². The van der Waals surface area contributed by atoms with Crippen molar-refractivity contribution in [2.45, 2.75) is 51.5 Å². The molecule has 0 aliphatic carbocycles. The Labute approximate surface area is 240 Å². The number of nitro groups is 2. The monoisotopic (exact) mass is 582 g/mol. The molecule has 15 heteroatoms. The highest BCUT2D eigenvalue weighted by atomic mass is 16.6.